The molecule has 7 nitrogen and oxygen atoms in total. The molecule has 0 aromatic carbocycles. The molecule has 0 atom stereocenters. The van der Waals surface area contributed by atoms with Gasteiger partial charge in [-0.05, 0) is 5.16 Å². The predicted octanol–water partition coefficient (Wildman–Crippen LogP) is -1.76. The third-order valence-electron chi connectivity index (χ3n) is 0.829. The van der Waals surface area contributed by atoms with Gasteiger partial charge in [-0.25, -0.2) is 4.79 Å². The maximum atomic E-state index is 10.4. The van der Waals surface area contributed by atoms with Crippen LogP contribution in [0.4, 0.5) is 0 Å². The van der Waals surface area contributed by atoms with Crippen LogP contribution < -0.4 is 11.5 Å². The molecule has 0 unspecified atom stereocenters. The first-order chi connectivity index (χ1) is 5.54. The van der Waals surface area contributed by atoms with Crippen LogP contribution in [0.2, 0.25) is 0 Å². The fourth-order valence-electron chi connectivity index (χ4n) is 0.365. The van der Waals surface area contributed by atoms with Gasteiger partial charge in [0.1, 0.15) is 6.61 Å². The van der Waals surface area contributed by atoms with Gasteiger partial charge in [0.15, 0.2) is 0 Å². The number of nitrogens with zero attached hydrogens (tertiary/aromatic N) is 1. The van der Waals surface area contributed by atoms with Crippen molar-refractivity contribution in [3.8, 4) is 0 Å². The van der Waals surface area contributed by atoms with Gasteiger partial charge in [-0.1, -0.05) is 0 Å². The number of ketones is 1. The van der Waals surface area contributed by atoms with Crippen LogP contribution in [0.3, 0.4) is 0 Å². The molecule has 12 heavy (non-hydrogen) atoms. The Bertz CT molecular complexity index is 209. The van der Waals surface area contributed by atoms with Crippen molar-refractivity contribution in [3.63, 3.8) is 0 Å². The van der Waals surface area contributed by atoms with Crippen molar-refractivity contribution in [2.45, 2.75) is 6.42 Å². The zero-order valence-corrected chi connectivity index (χ0v) is 6.19. The Kier molecular flexibility index (Phi) is 4.20. The lowest BCUT2D eigenvalue weighted by Crippen LogP contribution is -2.23. The lowest BCUT2D eigenvalue weighted by Gasteiger charge is -1.95. The second-order valence-electron chi connectivity index (χ2n) is 1.83. The number of carboxylic acid groups (broad SMARTS) is 1. The average Bonchev–Trinajstić information content (AvgIpc) is 1.97. The lowest BCUT2D eigenvalue weighted by molar-refractivity contribution is -0.149. The summed E-state index contributed by atoms with van der Waals surface area (Å²) in [5, 5.41) is 11.2. The number of carbonyl (C=O) groups excluding carboxylic acids is 1. The number of aliphatic carboxylic acids is 1. The Hall–Kier alpha value is -1.79. The van der Waals surface area contributed by atoms with E-state index < -0.39 is 11.8 Å². The summed E-state index contributed by atoms with van der Waals surface area (Å²) in [4.78, 5) is 24.7. The molecule has 0 aromatic heterocycles. The fourth-order valence-corrected chi connectivity index (χ4v) is 0.365. The molecule has 0 aliphatic heterocycles. The van der Waals surface area contributed by atoms with E-state index in [2.05, 4.69) is 9.99 Å². The largest absolute Gasteiger partial charge is 0.475 e. The van der Waals surface area contributed by atoms with Crippen molar-refractivity contribution in [1.29, 1.82) is 0 Å². The van der Waals surface area contributed by atoms with E-state index in [1.165, 1.54) is 0 Å². The molecule has 0 aromatic rings. The molecule has 0 saturated carbocycles. The van der Waals surface area contributed by atoms with Crippen LogP contribution in [0.25, 0.3) is 0 Å². The van der Waals surface area contributed by atoms with Gasteiger partial charge in [-0.2, -0.15) is 0 Å². The molecule has 0 aliphatic rings. The Balaban J connectivity index is 3.51. The van der Waals surface area contributed by atoms with Crippen molar-refractivity contribution >= 4 is 17.7 Å². The molecule has 0 rings (SSSR count). The van der Waals surface area contributed by atoms with Crippen LogP contribution in [0, 0.1) is 0 Å². The van der Waals surface area contributed by atoms with Crippen LogP contribution in [-0.2, 0) is 14.4 Å². The summed E-state index contributed by atoms with van der Waals surface area (Å²) >= 11 is 0. The van der Waals surface area contributed by atoms with Gasteiger partial charge >= 0.3 is 5.97 Å². The first-order valence-electron chi connectivity index (χ1n) is 3.01. The highest BCUT2D eigenvalue weighted by Crippen LogP contribution is 1.85. The number of guanidine groups is 1. The number of nitrogens with two attached hydrogens (primary N) is 2. The zero-order valence-electron chi connectivity index (χ0n) is 6.19. The fraction of sp³-hybridized carbons (Fsp3) is 0.400. The van der Waals surface area contributed by atoms with E-state index in [4.69, 9.17) is 16.6 Å². The Morgan fingerprint density at radius 2 is 2.00 bits per heavy atom. The Morgan fingerprint density at radius 1 is 1.42 bits per heavy atom. The van der Waals surface area contributed by atoms with Crippen LogP contribution >= 0.6 is 0 Å². The average molecular weight is 175 g/mol. The van der Waals surface area contributed by atoms with Gasteiger partial charge in [0.25, 0.3) is 0 Å². The number of rotatable bonds is 5. The molecule has 0 aliphatic carbocycles. The van der Waals surface area contributed by atoms with Crippen LogP contribution in [-0.4, -0.2) is 29.4 Å². The molecule has 0 bridgehead atoms. The maximum absolute atomic E-state index is 10.4. The third kappa shape index (κ3) is 5.03. The first kappa shape index (κ1) is 10.2. The number of carbonyl (C=O) groups is 2. The first-order valence-corrected chi connectivity index (χ1v) is 3.01. The van der Waals surface area contributed by atoms with Crippen LogP contribution in [0.5, 0.6) is 0 Å². The Labute approximate surface area is 68.0 Å². The summed E-state index contributed by atoms with van der Waals surface area (Å²) in [6.45, 7) is -0.150. The highest BCUT2D eigenvalue weighted by atomic mass is 16.6. The number of carboxylic acids is 1. The third-order valence-corrected chi connectivity index (χ3v) is 0.829. The smallest absolute Gasteiger partial charge is 0.372 e. The number of Topliss-reactive ketones (excluding diaryl/α,β-unsaturated/α-hetero) is 1. The molecular formula is C5H9N3O4. The van der Waals surface area contributed by atoms with Crippen molar-refractivity contribution in [3.05, 3.63) is 0 Å². The SMILES string of the molecule is NC(N)=NOCCC(=O)C(=O)O. The van der Waals surface area contributed by atoms with Crippen molar-refractivity contribution in [2.75, 3.05) is 6.61 Å². The highest BCUT2D eigenvalue weighted by Gasteiger charge is 2.10. The van der Waals surface area contributed by atoms with Crippen LogP contribution in [0.1, 0.15) is 6.42 Å². The quantitative estimate of drug-likeness (QED) is 0.149. The van der Waals surface area contributed by atoms with Gasteiger partial charge in [-0.15, -0.1) is 0 Å². The van der Waals surface area contributed by atoms with E-state index in [0.29, 0.717) is 0 Å². The van der Waals surface area contributed by atoms with Gasteiger partial charge < -0.3 is 21.4 Å². The van der Waals surface area contributed by atoms with E-state index in [0.717, 1.165) is 0 Å². The molecular weight excluding hydrogens is 166 g/mol. The predicted molar refractivity (Wildman–Crippen MR) is 39.0 cm³/mol. The molecule has 0 heterocycles. The molecule has 0 spiro atoms. The van der Waals surface area contributed by atoms with Gasteiger partial charge in [0, 0.05) is 0 Å². The van der Waals surface area contributed by atoms with E-state index in [1.807, 2.05) is 0 Å². The molecule has 0 saturated heterocycles. The number of oxime groups is 1. The monoisotopic (exact) mass is 175 g/mol. The van der Waals surface area contributed by atoms with E-state index in [1.54, 1.807) is 0 Å². The summed E-state index contributed by atoms with van der Waals surface area (Å²) in [7, 11) is 0. The minimum Gasteiger partial charge on any atom is -0.475 e. The van der Waals surface area contributed by atoms with Crippen molar-refractivity contribution in [2.24, 2.45) is 16.6 Å². The molecule has 68 valence electrons. The van der Waals surface area contributed by atoms with Crippen molar-refractivity contribution < 1.29 is 19.5 Å². The topological polar surface area (TPSA) is 128 Å². The lowest BCUT2D eigenvalue weighted by atomic mass is 10.3. The molecule has 5 N–H and O–H groups in total. The summed E-state index contributed by atoms with van der Waals surface area (Å²) in [6.07, 6.45) is -0.258. The van der Waals surface area contributed by atoms with Gasteiger partial charge in [-0.3, -0.25) is 4.79 Å². The molecule has 0 fully saturated rings. The summed E-state index contributed by atoms with van der Waals surface area (Å²) in [6, 6.07) is 0. The minimum absolute atomic E-state index is 0.150. The number of hydrogen-bond acceptors (Lipinski definition) is 4. The van der Waals surface area contributed by atoms with E-state index in [-0.39, 0.29) is 19.0 Å². The summed E-state index contributed by atoms with van der Waals surface area (Å²) in [5.41, 5.74) is 9.74. The molecule has 7 heteroatoms. The normalized spacial score (nSPS) is 8.67. The van der Waals surface area contributed by atoms with E-state index >= 15 is 0 Å². The van der Waals surface area contributed by atoms with Crippen LogP contribution in [0.15, 0.2) is 5.16 Å². The van der Waals surface area contributed by atoms with Crippen molar-refractivity contribution in [1.82, 2.24) is 0 Å². The summed E-state index contributed by atoms with van der Waals surface area (Å²) < 4.78 is 0. The second-order valence-corrected chi connectivity index (χ2v) is 1.83. The molecule has 0 amide bonds. The zero-order chi connectivity index (χ0) is 9.56. The highest BCUT2D eigenvalue weighted by molar-refractivity contribution is 6.32. The summed E-state index contributed by atoms with van der Waals surface area (Å²) in [5.74, 6) is -2.72. The van der Waals surface area contributed by atoms with E-state index in [9.17, 15) is 9.59 Å². The number of hydrogen-bond donors (Lipinski definition) is 3. The maximum Gasteiger partial charge on any atom is 0.372 e. The minimum atomic E-state index is -1.50. The Morgan fingerprint density at radius 3 is 2.42 bits per heavy atom. The molecule has 0 radical (unpaired) electrons. The van der Waals surface area contributed by atoms with Gasteiger partial charge in [0.05, 0.1) is 6.42 Å². The second kappa shape index (κ2) is 4.94. The van der Waals surface area contributed by atoms with Gasteiger partial charge in [0.2, 0.25) is 11.7 Å². The standard InChI is InChI=1S/C5H9N3O4/c6-5(7)8-12-2-1-3(9)4(10)11/h1-2H2,(H,10,11)(H4,6,7,8).